The fourth-order valence-corrected chi connectivity index (χ4v) is 2.72. The molecule has 0 aromatic rings. The van der Waals surface area contributed by atoms with Gasteiger partial charge in [-0.2, -0.15) is 0 Å². The Morgan fingerprint density at radius 2 is 1.88 bits per heavy atom. The van der Waals surface area contributed by atoms with Crippen LogP contribution in [0.15, 0.2) is 0 Å². The SMILES string of the molecule is CC(CC1CC1)NC(=O)C1CCC(C(=O)O)C1. The second kappa shape index (κ2) is 5.07. The third kappa shape index (κ3) is 3.45. The van der Waals surface area contributed by atoms with Gasteiger partial charge < -0.3 is 10.4 Å². The summed E-state index contributed by atoms with van der Waals surface area (Å²) in [5.74, 6) is -0.295. The molecule has 0 aromatic heterocycles. The normalized spacial score (nSPS) is 29.9. The van der Waals surface area contributed by atoms with E-state index in [1.807, 2.05) is 6.92 Å². The van der Waals surface area contributed by atoms with Crippen molar-refractivity contribution in [3.8, 4) is 0 Å². The molecule has 0 bridgehead atoms. The number of carboxylic acids is 1. The molecule has 3 atom stereocenters. The van der Waals surface area contributed by atoms with Gasteiger partial charge in [-0.25, -0.2) is 0 Å². The molecular formula is C13H21NO3. The van der Waals surface area contributed by atoms with Crippen LogP contribution < -0.4 is 5.32 Å². The number of nitrogens with one attached hydrogen (secondary N) is 1. The minimum atomic E-state index is -0.758. The predicted octanol–water partition coefficient (Wildman–Crippen LogP) is 1.79. The number of carbonyl (C=O) groups excluding carboxylic acids is 1. The average Bonchev–Trinajstić information content (AvgIpc) is 2.92. The van der Waals surface area contributed by atoms with E-state index < -0.39 is 5.97 Å². The second-order valence-electron chi connectivity index (χ2n) is 5.63. The third-order valence-corrected chi connectivity index (χ3v) is 3.93. The van der Waals surface area contributed by atoms with Crippen LogP contribution in [-0.2, 0) is 9.59 Å². The number of hydrogen-bond donors (Lipinski definition) is 2. The van der Waals surface area contributed by atoms with Gasteiger partial charge in [-0.05, 0) is 38.5 Å². The van der Waals surface area contributed by atoms with Gasteiger partial charge in [0.25, 0.3) is 0 Å². The van der Waals surface area contributed by atoms with Crippen molar-refractivity contribution in [2.75, 3.05) is 0 Å². The van der Waals surface area contributed by atoms with E-state index >= 15 is 0 Å². The van der Waals surface area contributed by atoms with E-state index in [-0.39, 0.29) is 23.8 Å². The fourth-order valence-electron chi connectivity index (χ4n) is 2.72. The summed E-state index contributed by atoms with van der Waals surface area (Å²) in [6, 6.07) is 0.235. The molecule has 2 rings (SSSR count). The topological polar surface area (TPSA) is 66.4 Å². The molecule has 3 unspecified atom stereocenters. The summed E-state index contributed by atoms with van der Waals surface area (Å²) >= 11 is 0. The van der Waals surface area contributed by atoms with Crippen LogP contribution in [0.2, 0.25) is 0 Å². The number of hydrogen-bond acceptors (Lipinski definition) is 2. The van der Waals surface area contributed by atoms with Crippen molar-refractivity contribution in [1.29, 1.82) is 0 Å². The summed E-state index contributed by atoms with van der Waals surface area (Å²) < 4.78 is 0. The van der Waals surface area contributed by atoms with Gasteiger partial charge >= 0.3 is 5.97 Å². The van der Waals surface area contributed by atoms with Crippen LogP contribution >= 0.6 is 0 Å². The maximum atomic E-state index is 11.9. The summed E-state index contributed by atoms with van der Waals surface area (Å²) in [5, 5.41) is 11.9. The van der Waals surface area contributed by atoms with E-state index in [9.17, 15) is 9.59 Å². The molecule has 17 heavy (non-hydrogen) atoms. The highest BCUT2D eigenvalue weighted by atomic mass is 16.4. The van der Waals surface area contributed by atoms with Gasteiger partial charge in [0, 0.05) is 12.0 Å². The highest BCUT2D eigenvalue weighted by Gasteiger charge is 2.34. The molecule has 0 aliphatic heterocycles. The van der Waals surface area contributed by atoms with Gasteiger partial charge in [-0.15, -0.1) is 0 Å². The Labute approximate surface area is 102 Å². The lowest BCUT2D eigenvalue weighted by molar-refractivity contribution is -0.141. The Kier molecular flexibility index (Phi) is 3.69. The molecule has 96 valence electrons. The van der Waals surface area contributed by atoms with Crippen LogP contribution in [0.1, 0.15) is 45.4 Å². The first-order valence-corrected chi connectivity index (χ1v) is 6.59. The minimum absolute atomic E-state index is 0.0573. The standard InChI is InChI=1S/C13H21NO3/c1-8(6-9-2-3-9)14-12(15)10-4-5-11(7-10)13(16)17/h8-11H,2-7H2,1H3,(H,14,15)(H,16,17). The van der Waals surface area contributed by atoms with E-state index in [1.54, 1.807) is 0 Å². The molecule has 2 N–H and O–H groups in total. The largest absolute Gasteiger partial charge is 0.481 e. The Hall–Kier alpha value is -1.06. The number of amides is 1. The third-order valence-electron chi connectivity index (χ3n) is 3.93. The Balaban J connectivity index is 1.74. The lowest BCUT2D eigenvalue weighted by atomic mass is 10.0. The van der Waals surface area contributed by atoms with Crippen LogP contribution in [0.5, 0.6) is 0 Å². The summed E-state index contributed by atoms with van der Waals surface area (Å²) in [6.07, 6.45) is 5.54. The zero-order chi connectivity index (χ0) is 12.4. The molecule has 0 aromatic carbocycles. The predicted molar refractivity (Wildman–Crippen MR) is 63.4 cm³/mol. The van der Waals surface area contributed by atoms with Crippen LogP contribution in [0.25, 0.3) is 0 Å². The summed E-state index contributed by atoms with van der Waals surface area (Å²) in [6.45, 7) is 2.04. The molecule has 0 radical (unpaired) electrons. The first-order chi connectivity index (χ1) is 8.06. The molecule has 4 nitrogen and oxygen atoms in total. The van der Waals surface area contributed by atoms with Crippen molar-refractivity contribution in [3.63, 3.8) is 0 Å². The summed E-state index contributed by atoms with van der Waals surface area (Å²) in [7, 11) is 0. The molecule has 0 spiro atoms. The first-order valence-electron chi connectivity index (χ1n) is 6.59. The molecule has 2 saturated carbocycles. The van der Waals surface area contributed by atoms with Crippen molar-refractivity contribution < 1.29 is 14.7 Å². The minimum Gasteiger partial charge on any atom is -0.481 e. The number of rotatable bonds is 5. The number of carbonyl (C=O) groups is 2. The van der Waals surface area contributed by atoms with Crippen molar-refractivity contribution in [2.45, 2.75) is 51.5 Å². The van der Waals surface area contributed by atoms with Crippen LogP contribution in [0, 0.1) is 17.8 Å². The quantitative estimate of drug-likeness (QED) is 0.768. The maximum Gasteiger partial charge on any atom is 0.306 e. The Bertz CT molecular complexity index is 312. The monoisotopic (exact) mass is 239 g/mol. The van der Waals surface area contributed by atoms with E-state index in [0.29, 0.717) is 12.8 Å². The van der Waals surface area contributed by atoms with E-state index in [0.717, 1.165) is 18.8 Å². The van der Waals surface area contributed by atoms with Crippen molar-refractivity contribution in [3.05, 3.63) is 0 Å². The molecule has 1 amide bonds. The average molecular weight is 239 g/mol. The first kappa shape index (κ1) is 12.4. The maximum absolute atomic E-state index is 11.9. The number of aliphatic carboxylic acids is 1. The lowest BCUT2D eigenvalue weighted by Crippen LogP contribution is -2.37. The zero-order valence-electron chi connectivity index (χ0n) is 10.3. The van der Waals surface area contributed by atoms with E-state index in [1.165, 1.54) is 12.8 Å². The molecule has 2 aliphatic rings. The smallest absolute Gasteiger partial charge is 0.306 e. The summed E-state index contributed by atoms with van der Waals surface area (Å²) in [5.41, 5.74) is 0. The van der Waals surface area contributed by atoms with Gasteiger partial charge in [-0.3, -0.25) is 9.59 Å². The van der Waals surface area contributed by atoms with Crippen LogP contribution in [-0.4, -0.2) is 23.0 Å². The van der Waals surface area contributed by atoms with Gasteiger partial charge in [0.2, 0.25) is 5.91 Å². The van der Waals surface area contributed by atoms with Crippen molar-refractivity contribution in [1.82, 2.24) is 5.32 Å². The van der Waals surface area contributed by atoms with Gasteiger partial charge in [0.1, 0.15) is 0 Å². The molecule has 2 aliphatic carbocycles. The molecular weight excluding hydrogens is 218 g/mol. The van der Waals surface area contributed by atoms with Crippen molar-refractivity contribution >= 4 is 11.9 Å². The Morgan fingerprint density at radius 3 is 2.41 bits per heavy atom. The van der Waals surface area contributed by atoms with Crippen molar-refractivity contribution in [2.24, 2.45) is 17.8 Å². The van der Waals surface area contributed by atoms with Crippen LogP contribution in [0.4, 0.5) is 0 Å². The fraction of sp³-hybridized carbons (Fsp3) is 0.846. The molecule has 2 fully saturated rings. The van der Waals surface area contributed by atoms with E-state index in [2.05, 4.69) is 5.32 Å². The van der Waals surface area contributed by atoms with Gasteiger partial charge in [0.05, 0.1) is 5.92 Å². The second-order valence-corrected chi connectivity index (χ2v) is 5.63. The van der Waals surface area contributed by atoms with Gasteiger partial charge in [-0.1, -0.05) is 12.8 Å². The molecule has 0 heterocycles. The summed E-state index contributed by atoms with van der Waals surface area (Å²) in [4.78, 5) is 22.7. The highest BCUT2D eigenvalue weighted by Crippen LogP contribution is 2.34. The van der Waals surface area contributed by atoms with E-state index in [4.69, 9.17) is 5.11 Å². The van der Waals surface area contributed by atoms with Crippen LogP contribution in [0.3, 0.4) is 0 Å². The molecule has 0 saturated heterocycles. The molecule has 4 heteroatoms. The lowest BCUT2D eigenvalue weighted by Gasteiger charge is -2.16. The Morgan fingerprint density at radius 1 is 1.24 bits per heavy atom. The zero-order valence-corrected chi connectivity index (χ0v) is 10.3. The number of carboxylic acid groups (broad SMARTS) is 1. The van der Waals surface area contributed by atoms with Gasteiger partial charge in [0.15, 0.2) is 0 Å². The highest BCUT2D eigenvalue weighted by molar-refractivity contribution is 5.81.